The Hall–Kier alpha value is -3.27. The number of aromatic nitrogens is 6. The molecule has 36 heavy (non-hydrogen) atoms. The van der Waals surface area contributed by atoms with Gasteiger partial charge in [-0.3, -0.25) is 0 Å². The van der Waals surface area contributed by atoms with Crippen molar-refractivity contribution in [3.8, 4) is 33.8 Å². The van der Waals surface area contributed by atoms with Crippen LogP contribution in [-0.2, 0) is 0 Å². The molecule has 4 aromatic heterocycles. The van der Waals surface area contributed by atoms with E-state index in [0.29, 0.717) is 0 Å². The van der Waals surface area contributed by atoms with Crippen LogP contribution in [0.25, 0.3) is 50.7 Å². The third-order valence-electron chi connectivity index (χ3n) is 6.16. The molecule has 0 saturated carbocycles. The standard InChI is InChI=1S/C27H15Br3N6/c28-19-22(16-10-4-1-5-11-16)31-34-25(19)35-27(21(30)24(32-35)18-14-8-3-9-15-18)36-26(34)20(29)23(33-36)17-12-6-2-7-13-17/h1-15H. The lowest BCUT2D eigenvalue weighted by Crippen LogP contribution is -2.05. The lowest BCUT2D eigenvalue weighted by atomic mass is 10.1. The average Bonchev–Trinajstić information content (AvgIpc) is 3.57. The quantitative estimate of drug-likeness (QED) is 0.193. The Balaban J connectivity index is 1.67. The van der Waals surface area contributed by atoms with Gasteiger partial charge in [-0.05, 0) is 47.8 Å². The van der Waals surface area contributed by atoms with Crippen molar-refractivity contribution >= 4 is 64.7 Å². The lowest BCUT2D eigenvalue weighted by molar-refractivity contribution is 0.829. The second-order valence-electron chi connectivity index (χ2n) is 8.29. The first kappa shape index (κ1) is 22.0. The molecule has 0 unspecified atom stereocenters. The van der Waals surface area contributed by atoms with Crippen molar-refractivity contribution in [2.45, 2.75) is 0 Å². The highest BCUT2D eigenvalue weighted by atomic mass is 79.9. The summed E-state index contributed by atoms with van der Waals surface area (Å²) in [6.07, 6.45) is 0. The van der Waals surface area contributed by atoms with Gasteiger partial charge in [-0.2, -0.15) is 28.8 Å². The largest absolute Gasteiger partial charge is 0.194 e. The molecule has 4 heterocycles. The second kappa shape index (κ2) is 8.40. The van der Waals surface area contributed by atoms with Crippen molar-refractivity contribution in [2.75, 3.05) is 0 Å². The Labute approximate surface area is 230 Å². The molecule has 3 aromatic carbocycles. The Kier molecular flexibility index (Phi) is 5.13. The summed E-state index contributed by atoms with van der Waals surface area (Å²) in [5.41, 5.74) is 7.92. The number of halogens is 3. The average molecular weight is 663 g/mol. The molecule has 0 spiro atoms. The van der Waals surface area contributed by atoms with Crippen molar-refractivity contribution in [2.24, 2.45) is 0 Å². The summed E-state index contributed by atoms with van der Waals surface area (Å²) < 4.78 is 8.26. The fourth-order valence-electron chi connectivity index (χ4n) is 4.50. The molecule has 0 fully saturated rings. The van der Waals surface area contributed by atoms with Crippen LogP contribution >= 0.6 is 47.8 Å². The summed E-state index contributed by atoms with van der Waals surface area (Å²) in [6.45, 7) is 0. The van der Waals surface area contributed by atoms with E-state index < -0.39 is 0 Å². The summed E-state index contributed by atoms with van der Waals surface area (Å²) in [5, 5.41) is 15.1. The van der Waals surface area contributed by atoms with E-state index >= 15 is 0 Å². The summed E-state index contributed by atoms with van der Waals surface area (Å²) in [4.78, 5) is 0. The third kappa shape index (κ3) is 3.16. The second-order valence-corrected chi connectivity index (χ2v) is 10.7. The topological polar surface area (TPSA) is 51.9 Å². The Morgan fingerprint density at radius 2 is 0.639 bits per heavy atom. The number of hydrogen-bond acceptors (Lipinski definition) is 3. The number of fused-ring (bicyclic) bond motifs is 6. The molecule has 7 rings (SSSR count). The number of hydrogen-bond donors (Lipinski definition) is 0. The first-order chi connectivity index (χ1) is 17.6. The van der Waals surface area contributed by atoms with Gasteiger partial charge < -0.3 is 0 Å². The van der Waals surface area contributed by atoms with Gasteiger partial charge in [0.2, 0.25) is 0 Å². The van der Waals surface area contributed by atoms with E-state index in [1.807, 2.05) is 68.1 Å². The van der Waals surface area contributed by atoms with Crippen LogP contribution in [0, 0.1) is 0 Å². The summed E-state index contributed by atoms with van der Waals surface area (Å²) >= 11 is 11.6. The maximum atomic E-state index is 5.04. The minimum Gasteiger partial charge on any atom is -0.194 e. The molecule has 0 aliphatic rings. The van der Waals surface area contributed by atoms with E-state index in [1.165, 1.54) is 0 Å². The molecule has 0 saturated heterocycles. The fraction of sp³-hybridized carbons (Fsp3) is 0. The van der Waals surface area contributed by atoms with E-state index in [2.05, 4.69) is 84.2 Å². The van der Waals surface area contributed by atoms with Crippen LogP contribution in [0.5, 0.6) is 0 Å². The molecular weight excluding hydrogens is 648 g/mol. The zero-order chi connectivity index (χ0) is 24.4. The molecule has 0 bridgehead atoms. The predicted octanol–water partition coefficient (Wildman–Crippen LogP) is 7.92. The van der Waals surface area contributed by atoms with Gasteiger partial charge in [0.1, 0.15) is 17.1 Å². The molecular formula is C27H15Br3N6. The monoisotopic (exact) mass is 660 g/mol. The minimum absolute atomic E-state index is 0.805. The Morgan fingerprint density at radius 1 is 0.389 bits per heavy atom. The molecule has 0 atom stereocenters. The highest BCUT2D eigenvalue weighted by Gasteiger charge is 2.27. The molecule has 0 N–H and O–H groups in total. The highest BCUT2D eigenvalue weighted by Crippen LogP contribution is 2.40. The number of nitrogens with zero attached hydrogens (tertiary/aromatic N) is 6. The fourth-order valence-corrected chi connectivity index (χ4v) is 6.44. The highest BCUT2D eigenvalue weighted by molar-refractivity contribution is 9.11. The molecule has 9 heteroatoms. The van der Waals surface area contributed by atoms with Crippen LogP contribution in [0.15, 0.2) is 104 Å². The van der Waals surface area contributed by atoms with Gasteiger partial charge >= 0.3 is 0 Å². The van der Waals surface area contributed by atoms with Crippen LogP contribution in [0.3, 0.4) is 0 Å². The number of rotatable bonds is 3. The van der Waals surface area contributed by atoms with E-state index in [9.17, 15) is 0 Å². The lowest BCUT2D eigenvalue weighted by Gasteiger charge is -2.03. The first-order valence-corrected chi connectivity index (χ1v) is 13.5. The summed E-state index contributed by atoms with van der Waals surface area (Å²) in [6, 6.07) is 30.4. The smallest absolute Gasteiger partial charge is 0.176 e. The zero-order valence-corrected chi connectivity index (χ0v) is 23.2. The first-order valence-electron chi connectivity index (χ1n) is 11.2. The maximum absolute atomic E-state index is 5.04. The van der Waals surface area contributed by atoms with Gasteiger partial charge in [0.05, 0.1) is 13.4 Å². The van der Waals surface area contributed by atoms with Crippen molar-refractivity contribution in [3.05, 3.63) is 104 Å². The van der Waals surface area contributed by atoms with Crippen LogP contribution in [0.4, 0.5) is 0 Å². The predicted molar refractivity (Wildman–Crippen MR) is 152 cm³/mol. The molecule has 174 valence electrons. The van der Waals surface area contributed by atoms with Crippen LogP contribution < -0.4 is 0 Å². The normalized spacial score (nSPS) is 11.8. The molecule has 6 nitrogen and oxygen atoms in total. The zero-order valence-electron chi connectivity index (χ0n) is 18.5. The van der Waals surface area contributed by atoms with Crippen molar-refractivity contribution in [1.29, 1.82) is 0 Å². The Morgan fingerprint density at radius 3 is 0.889 bits per heavy atom. The van der Waals surface area contributed by atoms with Crippen LogP contribution in [-0.4, -0.2) is 28.8 Å². The molecule has 0 amide bonds. The third-order valence-corrected chi connectivity index (χ3v) is 8.35. The summed E-state index contributed by atoms with van der Waals surface area (Å²) in [7, 11) is 0. The van der Waals surface area contributed by atoms with Gasteiger partial charge in [0.15, 0.2) is 16.9 Å². The minimum atomic E-state index is 0.805. The van der Waals surface area contributed by atoms with Crippen LogP contribution in [0.2, 0.25) is 0 Å². The molecule has 0 aliphatic heterocycles. The Bertz CT molecular complexity index is 1650. The maximum Gasteiger partial charge on any atom is 0.176 e. The number of benzene rings is 3. The van der Waals surface area contributed by atoms with Gasteiger partial charge in [-0.15, -0.1) is 0 Å². The van der Waals surface area contributed by atoms with E-state index in [1.54, 1.807) is 0 Å². The van der Waals surface area contributed by atoms with Gasteiger partial charge in [0.25, 0.3) is 0 Å². The summed E-state index contributed by atoms with van der Waals surface area (Å²) in [5.74, 6) is 0. The molecule has 7 aromatic rings. The van der Waals surface area contributed by atoms with E-state index in [4.69, 9.17) is 15.3 Å². The molecule has 0 aliphatic carbocycles. The SMILES string of the molecule is Brc1c(-c2ccccc2)nn2c1n1nc(-c3ccccc3)c(Br)c1n1nc(-c3ccccc3)c(Br)c21. The van der Waals surface area contributed by atoms with E-state index in [0.717, 1.165) is 64.1 Å². The van der Waals surface area contributed by atoms with Gasteiger partial charge in [-0.25, -0.2) is 0 Å². The van der Waals surface area contributed by atoms with Gasteiger partial charge in [0, 0.05) is 16.7 Å². The van der Waals surface area contributed by atoms with Crippen LogP contribution in [0.1, 0.15) is 0 Å². The van der Waals surface area contributed by atoms with Crippen molar-refractivity contribution in [1.82, 2.24) is 28.8 Å². The van der Waals surface area contributed by atoms with Crippen molar-refractivity contribution in [3.63, 3.8) is 0 Å². The molecule has 0 radical (unpaired) electrons. The van der Waals surface area contributed by atoms with Crippen molar-refractivity contribution < 1.29 is 0 Å². The van der Waals surface area contributed by atoms with E-state index in [-0.39, 0.29) is 0 Å². The van der Waals surface area contributed by atoms with Gasteiger partial charge in [-0.1, -0.05) is 91.0 Å².